The van der Waals surface area contributed by atoms with Gasteiger partial charge in [-0.05, 0) is 6.07 Å². The highest BCUT2D eigenvalue weighted by atomic mass is 35.5. The van der Waals surface area contributed by atoms with Gasteiger partial charge in [-0.3, -0.25) is 0 Å². The fourth-order valence-corrected chi connectivity index (χ4v) is 1.02. The molecule has 0 radical (unpaired) electrons. The third-order valence-corrected chi connectivity index (χ3v) is 1.76. The van der Waals surface area contributed by atoms with E-state index in [1.54, 1.807) is 0 Å². The number of aromatic hydroxyl groups is 2. The first-order valence-corrected chi connectivity index (χ1v) is 3.54. The standard InChI is InChI=1S/C7H7ClFNO2/c8-4-1-3(2-10)6(11)5(9)7(4)12/h1,11-12H,2,10H2. The summed E-state index contributed by atoms with van der Waals surface area (Å²) >= 11 is 5.41. The number of halogens is 2. The van der Waals surface area contributed by atoms with Crippen LogP contribution in [0.2, 0.25) is 5.02 Å². The molecule has 5 heteroatoms. The van der Waals surface area contributed by atoms with E-state index in [1.807, 2.05) is 0 Å². The van der Waals surface area contributed by atoms with Gasteiger partial charge in [-0.25, -0.2) is 0 Å². The number of phenols is 2. The van der Waals surface area contributed by atoms with Crippen molar-refractivity contribution in [1.82, 2.24) is 0 Å². The van der Waals surface area contributed by atoms with Crippen molar-refractivity contribution in [2.75, 3.05) is 0 Å². The van der Waals surface area contributed by atoms with Crippen molar-refractivity contribution in [3.8, 4) is 11.5 Å². The van der Waals surface area contributed by atoms with Crippen LogP contribution < -0.4 is 5.73 Å². The molecule has 0 amide bonds. The van der Waals surface area contributed by atoms with Gasteiger partial charge in [-0.15, -0.1) is 0 Å². The summed E-state index contributed by atoms with van der Waals surface area (Å²) < 4.78 is 12.8. The summed E-state index contributed by atoms with van der Waals surface area (Å²) in [6.45, 7) is -0.0389. The molecule has 1 aromatic rings. The summed E-state index contributed by atoms with van der Waals surface area (Å²) in [5, 5.41) is 17.8. The van der Waals surface area contributed by atoms with Crippen molar-refractivity contribution in [3.05, 3.63) is 22.5 Å². The zero-order valence-corrected chi connectivity index (χ0v) is 6.77. The van der Waals surface area contributed by atoms with Crippen LogP contribution in [0, 0.1) is 5.82 Å². The van der Waals surface area contributed by atoms with Crippen LogP contribution >= 0.6 is 11.6 Å². The Balaban J connectivity index is 3.39. The number of hydrogen-bond acceptors (Lipinski definition) is 3. The summed E-state index contributed by atoms with van der Waals surface area (Å²) in [5.41, 5.74) is 5.33. The van der Waals surface area contributed by atoms with Crippen molar-refractivity contribution < 1.29 is 14.6 Å². The Bertz CT molecular complexity index is 317. The number of hydrogen-bond donors (Lipinski definition) is 3. The molecule has 0 spiro atoms. The van der Waals surface area contributed by atoms with Gasteiger partial charge >= 0.3 is 0 Å². The van der Waals surface area contributed by atoms with Crippen LogP contribution in [-0.2, 0) is 6.54 Å². The van der Waals surface area contributed by atoms with Crippen LogP contribution in [0.3, 0.4) is 0 Å². The molecular formula is C7H7ClFNO2. The molecule has 66 valence electrons. The highest BCUT2D eigenvalue weighted by Crippen LogP contribution is 2.34. The molecule has 1 aromatic carbocycles. The molecule has 0 aliphatic carbocycles. The molecule has 0 aliphatic heterocycles. The van der Waals surface area contributed by atoms with Crippen LogP contribution in [0.15, 0.2) is 6.07 Å². The number of benzene rings is 1. The Morgan fingerprint density at radius 1 is 1.42 bits per heavy atom. The average Bonchev–Trinajstić information content (AvgIpc) is 2.08. The zero-order valence-electron chi connectivity index (χ0n) is 6.01. The summed E-state index contributed by atoms with van der Waals surface area (Å²) in [5.74, 6) is -2.55. The normalized spacial score (nSPS) is 10.2. The quantitative estimate of drug-likeness (QED) is 0.628. The lowest BCUT2D eigenvalue weighted by Gasteiger charge is -2.05. The maximum Gasteiger partial charge on any atom is 0.208 e. The fraction of sp³-hybridized carbons (Fsp3) is 0.143. The first-order chi connectivity index (χ1) is 5.57. The van der Waals surface area contributed by atoms with Crippen LogP contribution in [-0.4, -0.2) is 10.2 Å². The van der Waals surface area contributed by atoms with E-state index >= 15 is 0 Å². The molecule has 0 saturated carbocycles. The topological polar surface area (TPSA) is 66.5 Å². The molecule has 0 heterocycles. The van der Waals surface area contributed by atoms with Gasteiger partial charge in [0.25, 0.3) is 0 Å². The molecule has 0 bridgehead atoms. The molecule has 0 saturated heterocycles. The monoisotopic (exact) mass is 191 g/mol. The molecule has 0 aromatic heterocycles. The number of phenolic OH excluding ortho intramolecular Hbond substituents is 2. The van der Waals surface area contributed by atoms with Gasteiger partial charge in [0.05, 0.1) is 5.02 Å². The third-order valence-electron chi connectivity index (χ3n) is 1.47. The molecule has 0 aliphatic rings. The molecule has 0 unspecified atom stereocenters. The van der Waals surface area contributed by atoms with Crippen LogP contribution in [0.1, 0.15) is 5.56 Å². The second-order valence-electron chi connectivity index (χ2n) is 2.23. The Labute approximate surface area is 73.2 Å². The van der Waals surface area contributed by atoms with Gasteiger partial charge in [0.1, 0.15) is 0 Å². The maximum absolute atomic E-state index is 12.8. The second kappa shape index (κ2) is 3.16. The lowest BCUT2D eigenvalue weighted by Crippen LogP contribution is -1.98. The van der Waals surface area contributed by atoms with Crippen LogP contribution in [0.5, 0.6) is 11.5 Å². The van der Waals surface area contributed by atoms with Crippen molar-refractivity contribution >= 4 is 11.6 Å². The van der Waals surface area contributed by atoms with Crippen molar-refractivity contribution in [2.45, 2.75) is 6.54 Å². The smallest absolute Gasteiger partial charge is 0.208 e. The lowest BCUT2D eigenvalue weighted by molar-refractivity contribution is 0.385. The van der Waals surface area contributed by atoms with Crippen molar-refractivity contribution in [1.29, 1.82) is 0 Å². The highest BCUT2D eigenvalue weighted by Gasteiger charge is 2.14. The lowest BCUT2D eigenvalue weighted by atomic mass is 10.2. The van der Waals surface area contributed by atoms with E-state index in [0.29, 0.717) is 0 Å². The third kappa shape index (κ3) is 1.31. The Kier molecular flexibility index (Phi) is 2.40. The van der Waals surface area contributed by atoms with Gasteiger partial charge in [0, 0.05) is 12.1 Å². The van der Waals surface area contributed by atoms with Gasteiger partial charge in [-0.1, -0.05) is 11.6 Å². The summed E-state index contributed by atoms with van der Waals surface area (Å²) in [4.78, 5) is 0. The minimum absolute atomic E-state index is 0.0389. The summed E-state index contributed by atoms with van der Waals surface area (Å²) in [7, 11) is 0. The van der Waals surface area contributed by atoms with Crippen molar-refractivity contribution in [3.63, 3.8) is 0 Å². The van der Waals surface area contributed by atoms with Gasteiger partial charge in [-0.2, -0.15) is 4.39 Å². The highest BCUT2D eigenvalue weighted by molar-refractivity contribution is 6.32. The van der Waals surface area contributed by atoms with E-state index in [-0.39, 0.29) is 17.1 Å². The molecule has 0 atom stereocenters. The van der Waals surface area contributed by atoms with Gasteiger partial charge in [0.15, 0.2) is 11.5 Å². The van der Waals surface area contributed by atoms with E-state index in [1.165, 1.54) is 6.07 Å². The van der Waals surface area contributed by atoms with E-state index < -0.39 is 17.3 Å². The largest absolute Gasteiger partial charge is 0.504 e. The first kappa shape index (κ1) is 9.09. The summed E-state index contributed by atoms with van der Waals surface area (Å²) in [6, 6.07) is 1.22. The maximum atomic E-state index is 12.8. The van der Waals surface area contributed by atoms with Crippen molar-refractivity contribution in [2.24, 2.45) is 5.73 Å². The first-order valence-electron chi connectivity index (χ1n) is 3.16. The minimum Gasteiger partial charge on any atom is -0.504 e. The Morgan fingerprint density at radius 2 is 2.00 bits per heavy atom. The Hall–Kier alpha value is -1.00. The predicted octanol–water partition coefficient (Wildman–Crippen LogP) is 1.35. The second-order valence-corrected chi connectivity index (χ2v) is 2.64. The molecule has 3 nitrogen and oxygen atoms in total. The number of rotatable bonds is 1. The predicted molar refractivity (Wildman–Crippen MR) is 42.6 cm³/mol. The minimum atomic E-state index is -1.14. The van der Waals surface area contributed by atoms with E-state index in [9.17, 15) is 4.39 Å². The average molecular weight is 192 g/mol. The number of nitrogens with two attached hydrogens (primary N) is 1. The van der Waals surface area contributed by atoms with Gasteiger partial charge < -0.3 is 15.9 Å². The van der Waals surface area contributed by atoms with E-state index in [0.717, 1.165) is 0 Å². The Morgan fingerprint density at radius 3 is 2.50 bits per heavy atom. The molecular weight excluding hydrogens is 185 g/mol. The molecule has 12 heavy (non-hydrogen) atoms. The molecule has 0 fully saturated rings. The van der Waals surface area contributed by atoms with Gasteiger partial charge in [0.2, 0.25) is 5.82 Å². The van der Waals surface area contributed by atoms with E-state index in [4.69, 9.17) is 27.5 Å². The SMILES string of the molecule is NCc1cc(Cl)c(O)c(F)c1O. The molecule has 1 rings (SSSR count). The zero-order chi connectivity index (χ0) is 9.30. The van der Waals surface area contributed by atoms with E-state index in [2.05, 4.69) is 0 Å². The fourth-order valence-electron chi connectivity index (χ4n) is 0.803. The van der Waals surface area contributed by atoms with Crippen LogP contribution in [0.4, 0.5) is 4.39 Å². The molecule has 4 N–H and O–H groups in total. The van der Waals surface area contributed by atoms with Crippen LogP contribution in [0.25, 0.3) is 0 Å². The summed E-state index contributed by atoms with van der Waals surface area (Å²) in [6.07, 6.45) is 0.